The van der Waals surface area contributed by atoms with Crippen molar-refractivity contribution in [2.75, 3.05) is 5.75 Å². The Labute approximate surface area is 203 Å². The maximum Gasteiger partial charge on any atom is 0.345 e. The van der Waals surface area contributed by atoms with E-state index in [1.54, 1.807) is 6.92 Å². The number of halogens is 1. The molecule has 4 unspecified atom stereocenters. The van der Waals surface area contributed by atoms with Gasteiger partial charge in [-0.05, 0) is 30.4 Å². The first-order valence-corrected chi connectivity index (χ1v) is 12.1. The van der Waals surface area contributed by atoms with Gasteiger partial charge in [-0.25, -0.2) is 4.79 Å². The number of alkyl halides is 1. The van der Waals surface area contributed by atoms with E-state index in [-0.39, 0.29) is 12.3 Å². The van der Waals surface area contributed by atoms with Crippen molar-refractivity contribution in [1.29, 1.82) is 0 Å². The number of hydrogen-bond acceptors (Lipinski definition) is 10. The summed E-state index contributed by atoms with van der Waals surface area (Å²) < 4.78 is 10.9. The molecule has 1 fully saturated rings. The molecule has 1 heterocycles. The van der Waals surface area contributed by atoms with Gasteiger partial charge in [-0.3, -0.25) is 19.7 Å². The summed E-state index contributed by atoms with van der Waals surface area (Å²) in [6.07, 6.45) is -0.719. The smallest absolute Gasteiger partial charge is 0.345 e. The summed E-state index contributed by atoms with van der Waals surface area (Å²) in [5.41, 5.74) is -0.973. The number of thioether (sulfide) groups is 2. The number of benzene rings is 1. The normalized spacial score (nSPS) is 19.5. The number of non-ortho nitro benzene ring substituents is 1. The first kappa shape index (κ1) is 26.4. The van der Waals surface area contributed by atoms with Crippen LogP contribution in [-0.4, -0.2) is 53.9 Å². The van der Waals surface area contributed by atoms with Crippen molar-refractivity contribution in [3.63, 3.8) is 0 Å². The molecule has 32 heavy (non-hydrogen) atoms. The third-order valence-corrected chi connectivity index (χ3v) is 7.58. The van der Waals surface area contributed by atoms with Crippen molar-refractivity contribution in [3.05, 3.63) is 39.9 Å². The predicted molar refractivity (Wildman–Crippen MR) is 126 cm³/mol. The highest BCUT2D eigenvalue weighted by Crippen LogP contribution is 2.43. The number of esters is 2. The van der Waals surface area contributed by atoms with E-state index in [1.165, 1.54) is 54.7 Å². The number of amides is 1. The molecule has 4 atom stereocenters. The number of nitro benzene ring substituents is 1. The number of carbonyl (C=O) groups excluding carboxylic acids is 3. The summed E-state index contributed by atoms with van der Waals surface area (Å²) in [5, 5.41) is 10.1. The fraction of sp³-hybridized carbons (Fsp3) is 0.474. The van der Waals surface area contributed by atoms with Gasteiger partial charge < -0.3 is 14.4 Å². The second kappa shape index (κ2) is 11.8. The average molecular weight is 521 g/mol. The molecule has 1 aromatic rings. The summed E-state index contributed by atoms with van der Waals surface area (Å²) in [4.78, 5) is 47.9. The van der Waals surface area contributed by atoms with Crippen LogP contribution in [0.1, 0.15) is 26.3 Å². The predicted octanol–water partition coefficient (Wildman–Crippen LogP) is 3.71. The minimum atomic E-state index is -1.41. The van der Waals surface area contributed by atoms with Crippen LogP contribution in [0.3, 0.4) is 0 Å². The first-order valence-electron chi connectivity index (χ1n) is 9.43. The van der Waals surface area contributed by atoms with Crippen LogP contribution in [0.2, 0.25) is 0 Å². The molecule has 1 aromatic carbocycles. The van der Waals surface area contributed by atoms with Crippen LogP contribution in [0, 0.1) is 16.0 Å². The zero-order valence-electron chi connectivity index (χ0n) is 17.4. The second-order valence-electron chi connectivity index (χ2n) is 6.64. The molecular formula is C19H21ClN2O7S3. The van der Waals surface area contributed by atoms with Gasteiger partial charge in [0, 0.05) is 19.1 Å². The van der Waals surface area contributed by atoms with Gasteiger partial charge in [-0.15, -0.1) is 11.8 Å². The average Bonchev–Trinajstić information content (AvgIpc) is 2.71. The largest absolute Gasteiger partial charge is 0.462 e. The Morgan fingerprint density at radius 2 is 1.97 bits per heavy atom. The van der Waals surface area contributed by atoms with Crippen molar-refractivity contribution in [1.82, 2.24) is 4.90 Å². The third-order valence-electron chi connectivity index (χ3n) is 4.42. The lowest BCUT2D eigenvalue weighted by Crippen LogP contribution is -2.66. The van der Waals surface area contributed by atoms with Gasteiger partial charge in [0.2, 0.25) is 11.4 Å². The maximum absolute atomic E-state index is 12.8. The van der Waals surface area contributed by atoms with Gasteiger partial charge in [-0.2, -0.15) is 0 Å². The minimum Gasteiger partial charge on any atom is -0.462 e. The molecule has 0 N–H and O–H groups in total. The molecule has 174 valence electrons. The molecule has 1 aliphatic heterocycles. The van der Waals surface area contributed by atoms with Crippen LogP contribution in [-0.2, 0) is 30.5 Å². The molecule has 1 saturated heterocycles. The van der Waals surface area contributed by atoms with Crippen molar-refractivity contribution < 1.29 is 28.8 Å². The van der Waals surface area contributed by atoms with E-state index in [9.17, 15) is 24.5 Å². The number of thiocarbonyl (C=S) groups is 1. The molecule has 0 aliphatic carbocycles. The Hall–Kier alpha value is -1.89. The van der Waals surface area contributed by atoms with Gasteiger partial charge in [0.15, 0.2) is 0 Å². The Kier molecular flexibility index (Phi) is 9.74. The fourth-order valence-electron chi connectivity index (χ4n) is 2.95. The highest BCUT2D eigenvalue weighted by atomic mass is 35.5. The summed E-state index contributed by atoms with van der Waals surface area (Å²) in [6.45, 7) is 4.61. The quantitative estimate of drug-likeness (QED) is 0.0906. The fourth-order valence-corrected chi connectivity index (χ4v) is 6.12. The highest BCUT2D eigenvalue weighted by Gasteiger charge is 2.56. The Morgan fingerprint density at radius 3 is 2.50 bits per heavy atom. The molecule has 13 heteroatoms. The Morgan fingerprint density at radius 1 is 1.34 bits per heavy atom. The van der Waals surface area contributed by atoms with Crippen molar-refractivity contribution in [3.8, 4) is 0 Å². The van der Waals surface area contributed by atoms with E-state index >= 15 is 0 Å². The van der Waals surface area contributed by atoms with Gasteiger partial charge >= 0.3 is 11.9 Å². The van der Waals surface area contributed by atoms with Crippen LogP contribution >= 0.6 is 47.3 Å². The Balaban J connectivity index is 2.07. The lowest BCUT2D eigenvalue weighted by molar-refractivity contribution is -0.384. The van der Waals surface area contributed by atoms with E-state index in [2.05, 4.69) is 0 Å². The molecule has 0 spiro atoms. The number of nitro groups is 1. The second-order valence-corrected chi connectivity index (χ2v) is 10.6. The summed E-state index contributed by atoms with van der Waals surface area (Å²) in [5.74, 6) is -1.80. The van der Waals surface area contributed by atoms with Crippen LogP contribution in [0.4, 0.5) is 5.69 Å². The van der Waals surface area contributed by atoms with E-state index in [0.717, 1.165) is 10.7 Å². The number of nitrogens with zero attached hydrogens (tertiary/aromatic N) is 2. The van der Waals surface area contributed by atoms with E-state index in [4.69, 9.17) is 33.3 Å². The van der Waals surface area contributed by atoms with Crippen LogP contribution in [0.15, 0.2) is 24.3 Å². The summed E-state index contributed by atoms with van der Waals surface area (Å²) >= 11 is 14.2. The Bertz CT molecular complexity index is 899. The molecule has 2 rings (SSSR count). The lowest BCUT2D eigenvalue weighted by atomic mass is 9.92. The van der Waals surface area contributed by atoms with Crippen LogP contribution in [0.5, 0.6) is 0 Å². The monoisotopic (exact) mass is 520 g/mol. The number of β-lactam (4-membered cyclic amide) rings is 1. The van der Waals surface area contributed by atoms with Crippen molar-refractivity contribution in [2.45, 2.75) is 44.4 Å². The zero-order chi connectivity index (χ0) is 24.0. The molecule has 0 saturated carbocycles. The molecule has 0 radical (unpaired) electrons. The van der Waals surface area contributed by atoms with E-state index in [0.29, 0.717) is 9.09 Å². The van der Waals surface area contributed by atoms with Crippen LogP contribution < -0.4 is 0 Å². The lowest BCUT2D eigenvalue weighted by Gasteiger charge is -2.49. The SMILES string of the molecule is CCSC(=S)SC1C(C(C)OC(C)=O)C(=O)N1C(Cl)C(=O)OCc1ccc([N+](=O)[O-])cc1. The van der Waals surface area contributed by atoms with Gasteiger partial charge in [-0.1, -0.05) is 42.5 Å². The first-order chi connectivity index (χ1) is 15.1. The highest BCUT2D eigenvalue weighted by molar-refractivity contribution is 8.47. The topological polar surface area (TPSA) is 116 Å². The van der Waals surface area contributed by atoms with Gasteiger partial charge in [0.1, 0.15) is 27.5 Å². The van der Waals surface area contributed by atoms with Crippen LogP contribution in [0.25, 0.3) is 0 Å². The summed E-state index contributed by atoms with van der Waals surface area (Å²) in [7, 11) is 0. The molecule has 1 amide bonds. The number of ether oxygens (including phenoxy) is 2. The number of hydrogen-bond donors (Lipinski definition) is 0. The molecular weight excluding hydrogens is 500 g/mol. The number of likely N-dealkylation sites (tertiary alicyclic amines) is 1. The molecule has 1 aliphatic rings. The summed E-state index contributed by atoms with van der Waals surface area (Å²) in [6, 6.07) is 5.50. The van der Waals surface area contributed by atoms with E-state index in [1.807, 2.05) is 6.92 Å². The standard InChI is InChI=1S/C19H21ClN2O7S3/c1-4-31-19(30)32-17-14(10(2)29-11(3)23)16(24)21(17)15(20)18(25)28-9-12-5-7-13(8-6-12)22(26)27/h5-8,10,14-15,17H,4,9H2,1-3H3. The maximum atomic E-state index is 12.8. The molecule has 0 aromatic heterocycles. The molecule has 9 nitrogen and oxygen atoms in total. The van der Waals surface area contributed by atoms with Crippen molar-refractivity contribution in [2.24, 2.45) is 5.92 Å². The van der Waals surface area contributed by atoms with E-state index < -0.39 is 45.7 Å². The van der Waals surface area contributed by atoms with Gasteiger partial charge in [0.25, 0.3) is 5.69 Å². The van der Waals surface area contributed by atoms with Gasteiger partial charge in [0.05, 0.1) is 4.92 Å². The third kappa shape index (κ3) is 6.56. The number of rotatable bonds is 9. The van der Waals surface area contributed by atoms with Crippen molar-refractivity contribution >= 4 is 74.4 Å². The zero-order valence-corrected chi connectivity index (χ0v) is 20.6. The molecule has 0 bridgehead atoms. The minimum absolute atomic E-state index is 0.0878. The number of carbonyl (C=O) groups is 3.